The van der Waals surface area contributed by atoms with Gasteiger partial charge < -0.3 is 26.0 Å². The quantitative estimate of drug-likeness (QED) is 0.411. The predicted molar refractivity (Wildman–Crippen MR) is 116 cm³/mol. The van der Waals surface area contributed by atoms with E-state index in [1.54, 1.807) is 38.1 Å². The standard InChI is InChI=1S/C21H20F2N4O3S/c1-3-30-19(28)17-11(2)24-21(31)27-18(17)12-4-6-15(7-5-12)25-20(29)26-16-9-13(22)8-14(23)10-16/h4-10,18H,3H2,1-2H3,(H2,24,27,31)(H2,25,26,29). The van der Waals surface area contributed by atoms with Gasteiger partial charge in [-0.1, -0.05) is 12.1 Å². The molecule has 0 saturated carbocycles. The van der Waals surface area contributed by atoms with Crippen molar-refractivity contribution in [1.29, 1.82) is 0 Å². The number of halogens is 2. The van der Waals surface area contributed by atoms with Gasteiger partial charge in [-0.3, -0.25) is 0 Å². The second-order valence-corrected chi connectivity index (χ2v) is 7.06. The Balaban J connectivity index is 1.74. The fraction of sp³-hybridized carbons (Fsp3) is 0.190. The van der Waals surface area contributed by atoms with Gasteiger partial charge in [-0.25, -0.2) is 18.4 Å². The summed E-state index contributed by atoms with van der Waals surface area (Å²) < 4.78 is 31.7. The smallest absolute Gasteiger partial charge is 0.338 e. The molecule has 3 rings (SSSR count). The Morgan fingerprint density at radius 1 is 1.06 bits per heavy atom. The summed E-state index contributed by atoms with van der Waals surface area (Å²) in [6, 6.07) is 8.23. The molecule has 4 N–H and O–H groups in total. The van der Waals surface area contributed by atoms with E-state index in [0.717, 1.165) is 17.7 Å². The van der Waals surface area contributed by atoms with Crippen LogP contribution in [0.4, 0.5) is 25.0 Å². The number of hydrogen-bond acceptors (Lipinski definition) is 4. The van der Waals surface area contributed by atoms with Crippen molar-refractivity contribution in [2.45, 2.75) is 19.9 Å². The zero-order chi connectivity index (χ0) is 22.5. The molecule has 1 atom stereocenters. The number of urea groups is 1. The first-order valence-electron chi connectivity index (χ1n) is 9.36. The van der Waals surface area contributed by atoms with Crippen LogP contribution in [0.2, 0.25) is 0 Å². The van der Waals surface area contributed by atoms with Gasteiger partial charge in [0.1, 0.15) is 11.6 Å². The van der Waals surface area contributed by atoms with Crippen LogP contribution < -0.4 is 21.3 Å². The van der Waals surface area contributed by atoms with Gasteiger partial charge in [0.05, 0.1) is 18.2 Å². The lowest BCUT2D eigenvalue weighted by Crippen LogP contribution is -2.45. The zero-order valence-corrected chi connectivity index (χ0v) is 17.5. The molecule has 2 amide bonds. The number of hydrogen-bond donors (Lipinski definition) is 4. The van der Waals surface area contributed by atoms with Gasteiger partial charge in [0.2, 0.25) is 0 Å². The zero-order valence-electron chi connectivity index (χ0n) is 16.7. The minimum absolute atomic E-state index is 0.0151. The number of carbonyl (C=O) groups is 2. The summed E-state index contributed by atoms with van der Waals surface area (Å²) in [5.74, 6) is -2.06. The van der Waals surface area contributed by atoms with Crippen LogP contribution in [0.1, 0.15) is 25.5 Å². The summed E-state index contributed by atoms with van der Waals surface area (Å²) >= 11 is 5.20. The molecule has 0 aromatic heterocycles. The lowest BCUT2D eigenvalue weighted by molar-refractivity contribution is -0.139. The molecule has 7 nitrogen and oxygen atoms in total. The normalized spacial score (nSPS) is 15.6. The first-order chi connectivity index (χ1) is 14.8. The van der Waals surface area contributed by atoms with E-state index >= 15 is 0 Å². The van der Waals surface area contributed by atoms with Crippen LogP contribution in [-0.2, 0) is 9.53 Å². The number of allylic oxidation sites excluding steroid dienone is 1. The van der Waals surface area contributed by atoms with E-state index in [4.69, 9.17) is 17.0 Å². The molecule has 0 saturated heterocycles. The van der Waals surface area contributed by atoms with Gasteiger partial charge in [-0.15, -0.1) is 0 Å². The Morgan fingerprint density at radius 2 is 1.68 bits per heavy atom. The van der Waals surface area contributed by atoms with Crippen LogP contribution in [0.15, 0.2) is 53.7 Å². The number of rotatable bonds is 5. The van der Waals surface area contributed by atoms with Gasteiger partial charge in [-0.05, 0) is 55.9 Å². The average Bonchev–Trinajstić information content (AvgIpc) is 2.67. The highest BCUT2D eigenvalue weighted by Gasteiger charge is 2.30. The van der Waals surface area contributed by atoms with Crippen molar-refractivity contribution in [3.05, 3.63) is 70.9 Å². The molecule has 2 aromatic rings. The molecule has 1 aliphatic heterocycles. The fourth-order valence-corrected chi connectivity index (χ4v) is 3.37. The third-order valence-corrected chi connectivity index (χ3v) is 4.61. The minimum atomic E-state index is -0.798. The third kappa shape index (κ3) is 5.54. The molecule has 0 bridgehead atoms. The largest absolute Gasteiger partial charge is 0.463 e. The average molecular weight is 446 g/mol. The molecule has 162 valence electrons. The summed E-state index contributed by atoms with van der Waals surface area (Å²) in [6.07, 6.45) is 0. The van der Waals surface area contributed by atoms with Crippen molar-refractivity contribution in [3.8, 4) is 0 Å². The third-order valence-electron chi connectivity index (χ3n) is 4.39. The van der Waals surface area contributed by atoms with Gasteiger partial charge >= 0.3 is 12.0 Å². The lowest BCUT2D eigenvalue weighted by atomic mass is 9.95. The van der Waals surface area contributed by atoms with Crippen molar-refractivity contribution in [2.75, 3.05) is 17.2 Å². The molecule has 1 aliphatic rings. The summed E-state index contributed by atoms with van der Waals surface area (Å²) in [7, 11) is 0. The second-order valence-electron chi connectivity index (χ2n) is 6.65. The Hall–Kier alpha value is -3.53. The van der Waals surface area contributed by atoms with E-state index in [9.17, 15) is 18.4 Å². The van der Waals surface area contributed by atoms with Crippen LogP contribution in [0, 0.1) is 11.6 Å². The monoisotopic (exact) mass is 446 g/mol. The first kappa shape index (κ1) is 22.2. The number of nitrogens with one attached hydrogen (secondary N) is 4. The number of carbonyl (C=O) groups excluding carboxylic acids is 2. The summed E-state index contributed by atoms with van der Waals surface area (Å²) in [4.78, 5) is 24.5. The number of anilines is 2. The summed E-state index contributed by atoms with van der Waals surface area (Å²) in [5.41, 5.74) is 2.15. The lowest BCUT2D eigenvalue weighted by Gasteiger charge is -2.29. The molecule has 2 aromatic carbocycles. The fourth-order valence-electron chi connectivity index (χ4n) is 3.10. The Labute approximate surface area is 182 Å². The molecule has 10 heteroatoms. The highest BCUT2D eigenvalue weighted by Crippen LogP contribution is 2.28. The number of thiocarbonyl (C=S) groups is 1. The van der Waals surface area contributed by atoms with Crippen LogP contribution in [-0.4, -0.2) is 23.7 Å². The Morgan fingerprint density at radius 3 is 2.29 bits per heavy atom. The molecule has 0 spiro atoms. The van der Waals surface area contributed by atoms with Crippen LogP contribution in [0.3, 0.4) is 0 Å². The van der Waals surface area contributed by atoms with E-state index in [1.807, 2.05) is 0 Å². The molecule has 0 radical (unpaired) electrons. The van der Waals surface area contributed by atoms with Gasteiger partial charge in [0, 0.05) is 23.1 Å². The van der Waals surface area contributed by atoms with Crippen molar-refractivity contribution in [1.82, 2.24) is 10.6 Å². The van der Waals surface area contributed by atoms with Crippen LogP contribution >= 0.6 is 12.2 Å². The summed E-state index contributed by atoms with van der Waals surface area (Å²) in [6.45, 7) is 3.70. The highest BCUT2D eigenvalue weighted by molar-refractivity contribution is 7.80. The minimum Gasteiger partial charge on any atom is -0.463 e. The van der Waals surface area contributed by atoms with Crippen molar-refractivity contribution >= 4 is 40.7 Å². The molecule has 1 heterocycles. The maximum atomic E-state index is 13.3. The SMILES string of the molecule is CCOC(=O)C1=C(C)NC(=S)NC1c1ccc(NC(=O)Nc2cc(F)cc(F)c2)cc1. The Kier molecular flexibility index (Phi) is 6.81. The number of amides is 2. The number of benzene rings is 2. The van der Waals surface area contributed by atoms with Crippen LogP contribution in [0.5, 0.6) is 0 Å². The first-order valence-corrected chi connectivity index (χ1v) is 9.77. The molecule has 0 aliphatic carbocycles. The van der Waals surface area contributed by atoms with E-state index in [1.165, 1.54) is 0 Å². The van der Waals surface area contributed by atoms with Gasteiger partial charge in [0.15, 0.2) is 5.11 Å². The van der Waals surface area contributed by atoms with Crippen molar-refractivity contribution < 1.29 is 23.1 Å². The van der Waals surface area contributed by atoms with Gasteiger partial charge in [-0.2, -0.15) is 0 Å². The second kappa shape index (κ2) is 9.52. The highest BCUT2D eigenvalue weighted by atomic mass is 32.1. The van der Waals surface area contributed by atoms with Crippen molar-refractivity contribution in [3.63, 3.8) is 0 Å². The topological polar surface area (TPSA) is 91.5 Å². The molecule has 31 heavy (non-hydrogen) atoms. The molecule has 0 fully saturated rings. The van der Waals surface area contributed by atoms with Crippen LogP contribution in [0.25, 0.3) is 0 Å². The Bertz CT molecular complexity index is 1040. The predicted octanol–water partition coefficient (Wildman–Crippen LogP) is 3.96. The maximum Gasteiger partial charge on any atom is 0.338 e. The molecular weight excluding hydrogens is 426 g/mol. The van der Waals surface area contributed by atoms with E-state index in [0.29, 0.717) is 28.1 Å². The number of esters is 1. The molecular formula is C21H20F2N4O3S. The molecule has 1 unspecified atom stereocenters. The van der Waals surface area contributed by atoms with E-state index in [-0.39, 0.29) is 12.3 Å². The van der Waals surface area contributed by atoms with E-state index < -0.39 is 29.7 Å². The summed E-state index contributed by atoms with van der Waals surface area (Å²) in [5, 5.41) is 11.3. The van der Waals surface area contributed by atoms with Crippen molar-refractivity contribution in [2.24, 2.45) is 0 Å². The number of ether oxygens (including phenoxy) is 1. The van der Waals surface area contributed by atoms with Gasteiger partial charge in [0.25, 0.3) is 0 Å². The van der Waals surface area contributed by atoms with E-state index in [2.05, 4.69) is 21.3 Å². The maximum absolute atomic E-state index is 13.3.